The van der Waals surface area contributed by atoms with E-state index in [1.807, 2.05) is 18.2 Å². The van der Waals surface area contributed by atoms with Crippen molar-refractivity contribution >= 4 is 29.3 Å². The zero-order valence-corrected chi connectivity index (χ0v) is 12.6. The van der Waals surface area contributed by atoms with Gasteiger partial charge >= 0.3 is 0 Å². The molecule has 2 heterocycles. The SMILES string of the molecule is Nc1nc(SCc2ccccc2)c(Cl)c(-c2ccco2)n1. The summed E-state index contributed by atoms with van der Waals surface area (Å²) < 4.78 is 5.33. The van der Waals surface area contributed by atoms with E-state index in [9.17, 15) is 0 Å². The van der Waals surface area contributed by atoms with Crippen LogP contribution in [0.25, 0.3) is 11.5 Å². The highest BCUT2D eigenvalue weighted by atomic mass is 35.5. The van der Waals surface area contributed by atoms with Gasteiger partial charge in [0.05, 0.1) is 6.26 Å². The third kappa shape index (κ3) is 3.20. The van der Waals surface area contributed by atoms with Gasteiger partial charge in [0, 0.05) is 5.75 Å². The second kappa shape index (κ2) is 6.20. The lowest BCUT2D eigenvalue weighted by Crippen LogP contribution is -1.99. The molecule has 2 aromatic heterocycles. The Morgan fingerprint density at radius 2 is 1.90 bits per heavy atom. The Labute approximate surface area is 131 Å². The Morgan fingerprint density at radius 3 is 2.62 bits per heavy atom. The number of anilines is 1. The quantitative estimate of drug-likeness (QED) is 0.575. The summed E-state index contributed by atoms with van der Waals surface area (Å²) in [4.78, 5) is 8.37. The fourth-order valence-corrected chi connectivity index (χ4v) is 3.06. The smallest absolute Gasteiger partial charge is 0.221 e. The maximum Gasteiger partial charge on any atom is 0.221 e. The molecule has 0 bridgehead atoms. The summed E-state index contributed by atoms with van der Waals surface area (Å²) in [5.74, 6) is 1.52. The number of hydrogen-bond donors (Lipinski definition) is 1. The predicted molar refractivity (Wildman–Crippen MR) is 85.2 cm³/mol. The van der Waals surface area contributed by atoms with Gasteiger partial charge in [-0.3, -0.25) is 0 Å². The number of nitrogen functional groups attached to an aromatic ring is 1. The molecule has 4 nitrogen and oxygen atoms in total. The van der Waals surface area contributed by atoms with E-state index in [0.717, 1.165) is 5.75 Å². The van der Waals surface area contributed by atoms with Gasteiger partial charge in [0.25, 0.3) is 0 Å². The number of aromatic nitrogens is 2. The first-order chi connectivity index (χ1) is 10.2. The van der Waals surface area contributed by atoms with Crippen LogP contribution < -0.4 is 5.73 Å². The summed E-state index contributed by atoms with van der Waals surface area (Å²) >= 11 is 7.90. The molecular formula is C15H12ClN3OS. The third-order valence-electron chi connectivity index (χ3n) is 2.81. The first kappa shape index (κ1) is 14.0. The molecule has 6 heteroatoms. The molecule has 0 amide bonds. The van der Waals surface area contributed by atoms with Gasteiger partial charge in [0.1, 0.15) is 15.7 Å². The first-order valence-electron chi connectivity index (χ1n) is 6.27. The van der Waals surface area contributed by atoms with Gasteiger partial charge in [-0.15, -0.1) is 0 Å². The maximum atomic E-state index is 6.38. The zero-order valence-electron chi connectivity index (χ0n) is 11.0. The summed E-state index contributed by atoms with van der Waals surface area (Å²) in [7, 11) is 0. The fourth-order valence-electron chi connectivity index (χ4n) is 1.84. The fraction of sp³-hybridized carbons (Fsp3) is 0.0667. The summed E-state index contributed by atoms with van der Waals surface area (Å²) in [6.45, 7) is 0. The standard InChI is InChI=1S/C15H12ClN3OS/c16-12-13(11-7-4-8-20-11)18-15(17)19-14(12)21-9-10-5-2-1-3-6-10/h1-8H,9H2,(H2,17,18,19). The third-order valence-corrected chi connectivity index (χ3v) is 4.33. The molecule has 0 aliphatic rings. The molecule has 0 fully saturated rings. The molecule has 0 radical (unpaired) electrons. The minimum atomic E-state index is 0.182. The minimum Gasteiger partial charge on any atom is -0.463 e. The predicted octanol–water partition coefficient (Wildman–Crippen LogP) is 4.26. The number of hydrogen-bond acceptors (Lipinski definition) is 5. The molecule has 0 unspecified atom stereocenters. The van der Waals surface area contributed by atoms with Gasteiger partial charge < -0.3 is 10.2 Å². The number of benzene rings is 1. The highest BCUT2D eigenvalue weighted by Crippen LogP contribution is 2.35. The van der Waals surface area contributed by atoms with Crippen molar-refractivity contribution in [2.75, 3.05) is 5.73 Å². The van der Waals surface area contributed by atoms with E-state index >= 15 is 0 Å². The van der Waals surface area contributed by atoms with Crippen LogP contribution in [0.1, 0.15) is 5.56 Å². The zero-order chi connectivity index (χ0) is 14.7. The number of nitrogens with zero attached hydrogens (tertiary/aromatic N) is 2. The Balaban J connectivity index is 1.89. The first-order valence-corrected chi connectivity index (χ1v) is 7.64. The van der Waals surface area contributed by atoms with Crippen LogP contribution in [0.5, 0.6) is 0 Å². The van der Waals surface area contributed by atoms with E-state index in [-0.39, 0.29) is 5.95 Å². The van der Waals surface area contributed by atoms with E-state index in [4.69, 9.17) is 21.8 Å². The van der Waals surface area contributed by atoms with Crippen molar-refractivity contribution in [1.29, 1.82) is 0 Å². The number of rotatable bonds is 4. The highest BCUT2D eigenvalue weighted by Gasteiger charge is 2.15. The van der Waals surface area contributed by atoms with Crippen molar-refractivity contribution in [3.63, 3.8) is 0 Å². The van der Waals surface area contributed by atoms with Gasteiger partial charge in [-0.1, -0.05) is 53.7 Å². The summed E-state index contributed by atoms with van der Waals surface area (Å²) in [6.07, 6.45) is 1.57. The van der Waals surface area contributed by atoms with Crippen LogP contribution in [0.3, 0.4) is 0 Å². The van der Waals surface area contributed by atoms with Crippen LogP contribution in [0.15, 0.2) is 58.2 Å². The molecular weight excluding hydrogens is 306 g/mol. The molecule has 0 saturated heterocycles. The summed E-state index contributed by atoms with van der Waals surface area (Å²) in [5, 5.41) is 1.11. The van der Waals surface area contributed by atoms with Gasteiger partial charge in [-0.2, -0.15) is 0 Å². The molecule has 3 aromatic rings. The van der Waals surface area contributed by atoms with E-state index in [1.54, 1.807) is 18.4 Å². The molecule has 0 atom stereocenters. The summed E-state index contributed by atoms with van der Waals surface area (Å²) in [5.41, 5.74) is 7.48. The van der Waals surface area contributed by atoms with E-state index in [0.29, 0.717) is 21.5 Å². The lowest BCUT2D eigenvalue weighted by Gasteiger charge is -2.07. The van der Waals surface area contributed by atoms with E-state index in [1.165, 1.54) is 17.3 Å². The lowest BCUT2D eigenvalue weighted by molar-refractivity contribution is 0.579. The molecule has 106 valence electrons. The van der Waals surface area contributed by atoms with Gasteiger partial charge in [0.15, 0.2) is 5.76 Å². The van der Waals surface area contributed by atoms with Crippen molar-refractivity contribution in [2.24, 2.45) is 0 Å². The van der Waals surface area contributed by atoms with Crippen molar-refractivity contribution in [3.8, 4) is 11.5 Å². The molecule has 21 heavy (non-hydrogen) atoms. The average molecular weight is 318 g/mol. The van der Waals surface area contributed by atoms with Gasteiger partial charge in [-0.05, 0) is 17.7 Å². The van der Waals surface area contributed by atoms with Crippen molar-refractivity contribution < 1.29 is 4.42 Å². The Hall–Kier alpha value is -1.98. The minimum absolute atomic E-state index is 0.182. The topological polar surface area (TPSA) is 64.9 Å². The highest BCUT2D eigenvalue weighted by molar-refractivity contribution is 7.98. The summed E-state index contributed by atoms with van der Waals surface area (Å²) in [6, 6.07) is 13.7. The van der Waals surface area contributed by atoms with Crippen molar-refractivity contribution in [3.05, 3.63) is 59.3 Å². The van der Waals surface area contributed by atoms with Crippen LogP contribution in [0.2, 0.25) is 5.02 Å². The molecule has 1 aromatic carbocycles. The normalized spacial score (nSPS) is 10.7. The second-order valence-corrected chi connectivity index (χ2v) is 5.64. The molecule has 0 spiro atoms. The molecule has 2 N–H and O–H groups in total. The number of thioether (sulfide) groups is 1. The second-order valence-electron chi connectivity index (χ2n) is 4.30. The number of halogens is 1. The van der Waals surface area contributed by atoms with Crippen molar-refractivity contribution in [2.45, 2.75) is 10.8 Å². The van der Waals surface area contributed by atoms with Crippen molar-refractivity contribution in [1.82, 2.24) is 9.97 Å². The monoisotopic (exact) mass is 317 g/mol. The molecule has 3 rings (SSSR count). The van der Waals surface area contributed by atoms with Crippen LogP contribution in [0, 0.1) is 0 Å². The number of furan rings is 1. The van der Waals surface area contributed by atoms with Gasteiger partial charge in [-0.25, -0.2) is 9.97 Å². The Bertz CT molecular complexity index is 732. The largest absolute Gasteiger partial charge is 0.463 e. The molecule has 0 aliphatic heterocycles. The van der Waals surface area contributed by atoms with E-state index in [2.05, 4.69) is 22.1 Å². The van der Waals surface area contributed by atoms with E-state index < -0.39 is 0 Å². The van der Waals surface area contributed by atoms with Crippen LogP contribution in [0.4, 0.5) is 5.95 Å². The number of nitrogens with two attached hydrogens (primary N) is 1. The average Bonchev–Trinajstić information content (AvgIpc) is 3.03. The Morgan fingerprint density at radius 1 is 1.10 bits per heavy atom. The van der Waals surface area contributed by atoms with Crippen LogP contribution in [-0.4, -0.2) is 9.97 Å². The van der Waals surface area contributed by atoms with Crippen LogP contribution >= 0.6 is 23.4 Å². The maximum absolute atomic E-state index is 6.38. The molecule has 0 saturated carbocycles. The Kier molecular flexibility index (Phi) is 4.13. The molecule has 0 aliphatic carbocycles. The van der Waals surface area contributed by atoms with Crippen LogP contribution in [-0.2, 0) is 5.75 Å². The lowest BCUT2D eigenvalue weighted by atomic mass is 10.2. The van der Waals surface area contributed by atoms with Gasteiger partial charge in [0.2, 0.25) is 5.95 Å².